The average molecular weight is 278 g/mol. The second-order valence-corrected chi connectivity index (χ2v) is 5.51. The molecule has 1 aromatic rings. The van der Waals surface area contributed by atoms with E-state index in [2.05, 4.69) is 16.7 Å². The molecule has 0 N–H and O–H groups in total. The maximum absolute atomic E-state index is 13.1. The Labute approximate surface area is 120 Å². The Kier molecular flexibility index (Phi) is 5.26. The number of ketones is 1. The molecule has 0 spiro atoms. The minimum absolute atomic E-state index is 0.00933. The molecular weight excluding hydrogens is 255 g/mol. The molecule has 1 heterocycles. The molecule has 0 saturated carbocycles. The smallest absolute Gasteiger partial charge is 0.176 e. The third kappa shape index (κ3) is 3.87. The van der Waals surface area contributed by atoms with Crippen molar-refractivity contribution in [3.05, 3.63) is 35.6 Å². The maximum atomic E-state index is 13.1. The van der Waals surface area contributed by atoms with E-state index in [0.29, 0.717) is 18.2 Å². The van der Waals surface area contributed by atoms with Crippen molar-refractivity contribution in [2.24, 2.45) is 0 Å². The predicted molar refractivity (Wildman–Crippen MR) is 78.5 cm³/mol. The summed E-state index contributed by atoms with van der Waals surface area (Å²) in [5, 5.41) is 0. The van der Waals surface area contributed by atoms with Crippen LogP contribution >= 0.6 is 0 Å². The molecule has 110 valence electrons. The van der Waals surface area contributed by atoms with Crippen LogP contribution in [-0.4, -0.2) is 54.9 Å². The standard InChI is InChI=1S/C16H23FN2O/c1-3-19-9-7-15(8-10-19)18(2)12-16(20)13-5-4-6-14(17)11-13/h4-6,11,15H,3,7-10,12H2,1-2H3. The number of hydrogen-bond acceptors (Lipinski definition) is 3. The van der Waals surface area contributed by atoms with Gasteiger partial charge in [-0.3, -0.25) is 9.69 Å². The Morgan fingerprint density at radius 1 is 1.40 bits per heavy atom. The number of Topliss-reactive ketones (excluding diaryl/α,β-unsaturated/α-hetero) is 1. The number of carbonyl (C=O) groups excluding carboxylic acids is 1. The van der Waals surface area contributed by atoms with Crippen LogP contribution in [0.25, 0.3) is 0 Å². The number of likely N-dealkylation sites (tertiary alicyclic amines) is 1. The summed E-state index contributed by atoms with van der Waals surface area (Å²) >= 11 is 0. The highest BCUT2D eigenvalue weighted by Gasteiger charge is 2.23. The number of rotatable bonds is 5. The van der Waals surface area contributed by atoms with E-state index < -0.39 is 0 Å². The van der Waals surface area contributed by atoms with Gasteiger partial charge in [-0.15, -0.1) is 0 Å². The van der Waals surface area contributed by atoms with Crippen LogP contribution in [0.5, 0.6) is 0 Å². The summed E-state index contributed by atoms with van der Waals surface area (Å²) in [7, 11) is 1.99. The lowest BCUT2D eigenvalue weighted by Gasteiger charge is -2.36. The highest BCUT2D eigenvalue weighted by molar-refractivity contribution is 5.97. The lowest BCUT2D eigenvalue weighted by atomic mass is 10.0. The van der Waals surface area contributed by atoms with Crippen LogP contribution in [0.2, 0.25) is 0 Å². The topological polar surface area (TPSA) is 23.6 Å². The van der Waals surface area contributed by atoms with Crippen molar-refractivity contribution in [1.29, 1.82) is 0 Å². The molecule has 0 atom stereocenters. The van der Waals surface area contributed by atoms with E-state index in [1.54, 1.807) is 12.1 Å². The van der Waals surface area contributed by atoms with E-state index in [1.807, 2.05) is 7.05 Å². The van der Waals surface area contributed by atoms with Crippen LogP contribution in [-0.2, 0) is 0 Å². The highest BCUT2D eigenvalue weighted by atomic mass is 19.1. The van der Waals surface area contributed by atoms with Crippen LogP contribution in [0, 0.1) is 5.82 Å². The van der Waals surface area contributed by atoms with E-state index in [1.165, 1.54) is 12.1 Å². The van der Waals surface area contributed by atoms with Gasteiger partial charge in [0.05, 0.1) is 6.54 Å². The Bertz CT molecular complexity index is 456. The first kappa shape index (κ1) is 15.1. The van der Waals surface area contributed by atoms with Gasteiger partial charge in [-0.05, 0) is 51.7 Å². The van der Waals surface area contributed by atoms with Crippen LogP contribution in [0.4, 0.5) is 4.39 Å². The minimum atomic E-state index is -0.352. The largest absolute Gasteiger partial charge is 0.303 e. The average Bonchev–Trinajstić information content (AvgIpc) is 2.47. The number of benzene rings is 1. The Morgan fingerprint density at radius 3 is 2.70 bits per heavy atom. The van der Waals surface area contributed by atoms with Crippen LogP contribution in [0.15, 0.2) is 24.3 Å². The van der Waals surface area contributed by atoms with E-state index in [0.717, 1.165) is 32.5 Å². The molecule has 0 amide bonds. The van der Waals surface area contributed by atoms with Gasteiger partial charge in [0, 0.05) is 11.6 Å². The summed E-state index contributed by atoms with van der Waals surface area (Å²) in [5.41, 5.74) is 0.461. The fourth-order valence-corrected chi connectivity index (χ4v) is 2.79. The summed E-state index contributed by atoms with van der Waals surface area (Å²) in [6.45, 7) is 5.83. The molecule has 1 saturated heterocycles. The molecule has 3 nitrogen and oxygen atoms in total. The van der Waals surface area contributed by atoms with Crippen molar-refractivity contribution < 1.29 is 9.18 Å². The molecule has 2 rings (SSSR count). The van der Waals surface area contributed by atoms with Gasteiger partial charge in [0.1, 0.15) is 5.82 Å². The van der Waals surface area contributed by atoms with Crippen molar-refractivity contribution >= 4 is 5.78 Å². The maximum Gasteiger partial charge on any atom is 0.176 e. The van der Waals surface area contributed by atoms with Crippen molar-refractivity contribution in [1.82, 2.24) is 9.80 Å². The molecular formula is C16H23FN2O. The van der Waals surface area contributed by atoms with Gasteiger partial charge in [-0.1, -0.05) is 19.1 Å². The predicted octanol–water partition coefficient (Wildman–Crippen LogP) is 2.42. The quantitative estimate of drug-likeness (QED) is 0.773. The molecule has 1 aliphatic heterocycles. The highest BCUT2D eigenvalue weighted by Crippen LogP contribution is 2.15. The summed E-state index contributed by atoms with van der Waals surface area (Å²) in [5.74, 6) is -0.361. The van der Waals surface area contributed by atoms with Gasteiger partial charge < -0.3 is 4.90 Å². The van der Waals surface area contributed by atoms with Gasteiger partial charge in [0.15, 0.2) is 5.78 Å². The molecule has 1 aromatic carbocycles. The van der Waals surface area contributed by atoms with E-state index in [9.17, 15) is 9.18 Å². The summed E-state index contributed by atoms with van der Waals surface area (Å²) in [4.78, 5) is 16.7. The van der Waals surface area contributed by atoms with Gasteiger partial charge in [-0.2, -0.15) is 0 Å². The SMILES string of the molecule is CCN1CCC(N(C)CC(=O)c2cccc(F)c2)CC1. The molecule has 0 aromatic heterocycles. The second kappa shape index (κ2) is 6.95. The number of carbonyl (C=O) groups is 1. The lowest BCUT2D eigenvalue weighted by molar-refractivity contribution is 0.0858. The normalized spacial score (nSPS) is 17.6. The van der Waals surface area contributed by atoms with Gasteiger partial charge in [0.25, 0.3) is 0 Å². The van der Waals surface area contributed by atoms with Gasteiger partial charge in [0.2, 0.25) is 0 Å². The number of likely N-dealkylation sites (N-methyl/N-ethyl adjacent to an activating group) is 1. The van der Waals surface area contributed by atoms with Crippen molar-refractivity contribution in [2.45, 2.75) is 25.8 Å². The summed E-state index contributed by atoms with van der Waals surface area (Å²) in [6, 6.07) is 6.40. The molecule has 0 unspecified atom stereocenters. The Morgan fingerprint density at radius 2 is 2.10 bits per heavy atom. The molecule has 1 fully saturated rings. The summed E-state index contributed by atoms with van der Waals surface area (Å²) in [6.07, 6.45) is 2.20. The van der Waals surface area contributed by atoms with Gasteiger partial charge in [-0.25, -0.2) is 4.39 Å². The molecule has 0 aliphatic carbocycles. The zero-order valence-corrected chi connectivity index (χ0v) is 12.3. The minimum Gasteiger partial charge on any atom is -0.303 e. The first-order valence-electron chi connectivity index (χ1n) is 7.31. The van der Waals surface area contributed by atoms with Crippen molar-refractivity contribution in [3.63, 3.8) is 0 Å². The van der Waals surface area contributed by atoms with Crippen LogP contribution in [0.1, 0.15) is 30.1 Å². The Hall–Kier alpha value is -1.26. The van der Waals surface area contributed by atoms with Crippen molar-refractivity contribution in [2.75, 3.05) is 33.2 Å². The first-order valence-corrected chi connectivity index (χ1v) is 7.31. The first-order chi connectivity index (χ1) is 9.60. The third-order valence-corrected chi connectivity index (χ3v) is 4.17. The zero-order valence-electron chi connectivity index (χ0n) is 12.3. The fraction of sp³-hybridized carbons (Fsp3) is 0.562. The molecule has 4 heteroatoms. The van der Waals surface area contributed by atoms with Gasteiger partial charge >= 0.3 is 0 Å². The zero-order chi connectivity index (χ0) is 14.5. The molecule has 0 radical (unpaired) electrons. The fourth-order valence-electron chi connectivity index (χ4n) is 2.79. The number of piperidine rings is 1. The lowest BCUT2D eigenvalue weighted by Crippen LogP contribution is -2.44. The number of hydrogen-bond donors (Lipinski definition) is 0. The molecule has 0 bridgehead atoms. The van der Waals surface area contributed by atoms with Crippen molar-refractivity contribution in [3.8, 4) is 0 Å². The molecule has 1 aliphatic rings. The van der Waals surface area contributed by atoms with E-state index in [4.69, 9.17) is 0 Å². The second-order valence-electron chi connectivity index (χ2n) is 5.51. The van der Waals surface area contributed by atoms with E-state index in [-0.39, 0.29) is 11.6 Å². The Balaban J connectivity index is 1.88. The van der Waals surface area contributed by atoms with E-state index >= 15 is 0 Å². The summed E-state index contributed by atoms with van der Waals surface area (Å²) < 4.78 is 13.1. The van der Waals surface area contributed by atoms with Crippen LogP contribution < -0.4 is 0 Å². The number of halogens is 1. The van der Waals surface area contributed by atoms with Crippen LogP contribution in [0.3, 0.4) is 0 Å². The third-order valence-electron chi connectivity index (χ3n) is 4.17. The monoisotopic (exact) mass is 278 g/mol. The number of nitrogens with zero attached hydrogens (tertiary/aromatic N) is 2. The molecule has 20 heavy (non-hydrogen) atoms.